The molecule has 1 unspecified atom stereocenters. The van der Waals surface area contributed by atoms with Gasteiger partial charge in [-0.1, -0.05) is 32.0 Å². The third kappa shape index (κ3) is 2.97. The quantitative estimate of drug-likeness (QED) is 0.745. The van der Waals surface area contributed by atoms with Gasteiger partial charge in [0, 0.05) is 29.6 Å². The zero-order chi connectivity index (χ0) is 19.0. The van der Waals surface area contributed by atoms with Crippen molar-refractivity contribution in [3.63, 3.8) is 0 Å². The molecule has 4 rings (SSSR count). The van der Waals surface area contributed by atoms with E-state index in [2.05, 4.69) is 28.8 Å². The molecule has 1 atom stereocenters. The second kappa shape index (κ2) is 6.92. The minimum atomic E-state index is -0.869. The molecule has 7 nitrogen and oxygen atoms in total. The topological polar surface area (TPSA) is 83.9 Å². The van der Waals surface area contributed by atoms with Crippen molar-refractivity contribution in [1.82, 2.24) is 19.7 Å². The molecule has 1 aliphatic heterocycles. The van der Waals surface area contributed by atoms with Gasteiger partial charge in [0.1, 0.15) is 5.39 Å². The predicted octanol–water partition coefficient (Wildman–Crippen LogP) is 2.24. The Balaban J connectivity index is 1.79. The van der Waals surface area contributed by atoms with Gasteiger partial charge in [-0.2, -0.15) is 10.1 Å². The molecule has 142 valence electrons. The second-order valence-electron chi connectivity index (χ2n) is 6.88. The van der Waals surface area contributed by atoms with Gasteiger partial charge in [0.15, 0.2) is 5.65 Å². The Kier molecular flexibility index (Phi) is 4.59. The molecule has 0 amide bonds. The van der Waals surface area contributed by atoms with Gasteiger partial charge in [0.2, 0.25) is 5.95 Å². The molecule has 0 spiro atoms. The van der Waals surface area contributed by atoms with Crippen molar-refractivity contribution in [3.05, 3.63) is 46.9 Å². The van der Waals surface area contributed by atoms with E-state index in [4.69, 9.17) is 4.98 Å². The van der Waals surface area contributed by atoms with Gasteiger partial charge in [0.05, 0.1) is 16.6 Å². The number of rotatable bonds is 4. The normalized spacial score (nSPS) is 19.5. The lowest BCUT2D eigenvalue weighted by Gasteiger charge is -2.41. The van der Waals surface area contributed by atoms with Crippen LogP contribution in [0.3, 0.4) is 0 Å². The van der Waals surface area contributed by atoms with Crippen LogP contribution in [0.5, 0.6) is 0 Å². The van der Waals surface area contributed by atoms with Crippen molar-refractivity contribution in [2.75, 3.05) is 23.7 Å². The van der Waals surface area contributed by atoms with E-state index in [1.165, 1.54) is 0 Å². The SMILES string of the molecule is CCC1(CC)CN(c2nc3c(cnn3-c3ccccc3)c(=O)[nH]2)CCS1=O. The molecule has 1 aromatic carbocycles. The number of nitrogens with one attached hydrogen (secondary N) is 1. The highest BCUT2D eigenvalue weighted by molar-refractivity contribution is 7.86. The van der Waals surface area contributed by atoms with Crippen molar-refractivity contribution in [1.29, 1.82) is 0 Å². The van der Waals surface area contributed by atoms with E-state index in [0.717, 1.165) is 18.5 Å². The standard InChI is InChI=1S/C19H23N5O2S/c1-3-19(4-2)13-23(10-11-27(19)26)18-21-16-15(17(25)22-18)12-20-24(16)14-8-6-5-7-9-14/h5-9,12H,3-4,10-11,13H2,1-2H3,(H,21,22,25). The molecule has 3 heterocycles. The summed E-state index contributed by atoms with van der Waals surface area (Å²) in [4.78, 5) is 22.3. The number of nitrogens with zero attached hydrogens (tertiary/aromatic N) is 4. The summed E-state index contributed by atoms with van der Waals surface area (Å²) in [5, 5.41) is 4.81. The van der Waals surface area contributed by atoms with Gasteiger partial charge in [-0.3, -0.25) is 14.0 Å². The predicted molar refractivity (Wildman–Crippen MR) is 108 cm³/mol. The largest absolute Gasteiger partial charge is 0.340 e. The van der Waals surface area contributed by atoms with Crippen molar-refractivity contribution >= 4 is 27.8 Å². The Morgan fingerprint density at radius 2 is 1.96 bits per heavy atom. The maximum atomic E-state index is 12.6. The zero-order valence-corrected chi connectivity index (χ0v) is 16.3. The van der Waals surface area contributed by atoms with E-state index in [0.29, 0.717) is 35.8 Å². The summed E-state index contributed by atoms with van der Waals surface area (Å²) in [6, 6.07) is 9.64. The van der Waals surface area contributed by atoms with Crippen LogP contribution in [0.1, 0.15) is 26.7 Å². The third-order valence-electron chi connectivity index (χ3n) is 5.52. The molecular weight excluding hydrogens is 362 g/mol. The molecule has 1 N–H and O–H groups in total. The molecular formula is C19H23N5O2S. The fourth-order valence-corrected chi connectivity index (χ4v) is 5.46. The van der Waals surface area contributed by atoms with E-state index in [-0.39, 0.29) is 10.3 Å². The van der Waals surface area contributed by atoms with Crippen molar-refractivity contribution in [2.45, 2.75) is 31.4 Å². The fourth-order valence-electron chi connectivity index (χ4n) is 3.70. The van der Waals surface area contributed by atoms with Gasteiger partial charge in [-0.25, -0.2) is 4.68 Å². The molecule has 1 fully saturated rings. The second-order valence-corrected chi connectivity index (χ2v) is 8.85. The maximum absolute atomic E-state index is 12.6. The number of para-hydroxylation sites is 1. The van der Waals surface area contributed by atoms with E-state index in [1.54, 1.807) is 10.9 Å². The summed E-state index contributed by atoms with van der Waals surface area (Å²) in [6.45, 7) is 5.40. The first-order chi connectivity index (χ1) is 13.1. The van der Waals surface area contributed by atoms with E-state index < -0.39 is 10.8 Å². The van der Waals surface area contributed by atoms with Crippen LogP contribution in [0.2, 0.25) is 0 Å². The average molecular weight is 385 g/mol. The molecule has 0 aliphatic carbocycles. The Bertz CT molecular complexity index is 1040. The first-order valence-corrected chi connectivity index (χ1v) is 10.6. The summed E-state index contributed by atoms with van der Waals surface area (Å²) >= 11 is 0. The Morgan fingerprint density at radius 3 is 2.67 bits per heavy atom. The third-order valence-corrected chi connectivity index (χ3v) is 7.75. The monoisotopic (exact) mass is 385 g/mol. The summed E-state index contributed by atoms with van der Waals surface area (Å²) in [7, 11) is -0.869. The van der Waals surface area contributed by atoms with Crippen LogP contribution in [-0.2, 0) is 10.8 Å². The van der Waals surface area contributed by atoms with Crippen molar-refractivity contribution in [2.24, 2.45) is 0 Å². The number of fused-ring (bicyclic) bond motifs is 1. The molecule has 2 aromatic heterocycles. The van der Waals surface area contributed by atoms with Crippen molar-refractivity contribution in [3.8, 4) is 5.69 Å². The molecule has 8 heteroatoms. The van der Waals surface area contributed by atoms with Gasteiger partial charge in [0.25, 0.3) is 5.56 Å². The number of H-pyrrole nitrogens is 1. The van der Waals surface area contributed by atoms with E-state index in [1.807, 2.05) is 30.3 Å². The smallest absolute Gasteiger partial charge is 0.263 e. The van der Waals surface area contributed by atoms with Crippen LogP contribution in [-0.4, -0.2) is 47.5 Å². The number of benzene rings is 1. The molecule has 0 saturated carbocycles. The van der Waals surface area contributed by atoms with E-state index in [9.17, 15) is 9.00 Å². The Morgan fingerprint density at radius 1 is 1.22 bits per heavy atom. The lowest BCUT2D eigenvalue weighted by Crippen LogP contribution is -2.53. The van der Waals surface area contributed by atoms with Crippen LogP contribution in [0.4, 0.5) is 5.95 Å². The molecule has 3 aromatic rings. The summed E-state index contributed by atoms with van der Waals surface area (Å²) in [5.74, 6) is 1.11. The number of anilines is 1. The van der Waals surface area contributed by atoms with Gasteiger partial charge in [-0.15, -0.1) is 0 Å². The van der Waals surface area contributed by atoms with Crippen LogP contribution in [0.15, 0.2) is 41.3 Å². The highest BCUT2D eigenvalue weighted by atomic mass is 32.2. The molecule has 1 saturated heterocycles. The fraction of sp³-hybridized carbons (Fsp3) is 0.421. The molecule has 27 heavy (non-hydrogen) atoms. The van der Waals surface area contributed by atoms with Gasteiger partial charge >= 0.3 is 0 Å². The number of hydrogen-bond donors (Lipinski definition) is 1. The summed E-state index contributed by atoms with van der Waals surface area (Å²) < 4.78 is 14.0. The Hall–Kier alpha value is -2.48. The highest BCUT2D eigenvalue weighted by Crippen LogP contribution is 2.30. The molecule has 0 bridgehead atoms. The lowest BCUT2D eigenvalue weighted by molar-refractivity contribution is 0.492. The van der Waals surface area contributed by atoms with Crippen LogP contribution in [0.25, 0.3) is 16.7 Å². The van der Waals surface area contributed by atoms with E-state index >= 15 is 0 Å². The Labute approximate surface area is 159 Å². The average Bonchev–Trinajstić information content (AvgIpc) is 3.14. The van der Waals surface area contributed by atoms with Crippen LogP contribution < -0.4 is 10.5 Å². The van der Waals surface area contributed by atoms with Gasteiger partial charge in [-0.05, 0) is 25.0 Å². The highest BCUT2D eigenvalue weighted by Gasteiger charge is 2.39. The van der Waals surface area contributed by atoms with Gasteiger partial charge < -0.3 is 4.90 Å². The first kappa shape index (κ1) is 17.9. The van der Waals surface area contributed by atoms with Crippen LogP contribution in [0, 0.1) is 0 Å². The number of aromatic nitrogens is 4. The number of aromatic amines is 1. The first-order valence-electron chi connectivity index (χ1n) is 9.25. The molecule has 1 aliphatic rings. The van der Waals surface area contributed by atoms with Crippen molar-refractivity contribution < 1.29 is 4.21 Å². The lowest BCUT2D eigenvalue weighted by atomic mass is 10.0. The minimum absolute atomic E-state index is 0.206. The maximum Gasteiger partial charge on any atom is 0.263 e. The summed E-state index contributed by atoms with van der Waals surface area (Å²) in [5.41, 5.74) is 1.18. The number of hydrogen-bond acceptors (Lipinski definition) is 5. The molecule has 0 radical (unpaired) electrons. The zero-order valence-electron chi connectivity index (χ0n) is 15.5. The minimum Gasteiger partial charge on any atom is -0.340 e. The summed E-state index contributed by atoms with van der Waals surface area (Å²) in [6.07, 6.45) is 3.22. The van der Waals surface area contributed by atoms with Crippen LogP contribution >= 0.6 is 0 Å².